The van der Waals surface area contributed by atoms with E-state index < -0.39 is 71.3 Å². The molecule has 0 bridgehead atoms. The standard InChI is InChI=1S/C28H35FO9/c1-25(2)37-21-11-16-15-10-18(29)17-9-14(30)7-8-26(17,3)24(15)19(31)12-27(16,4)28(21,38-25)20(32)13-36-23(35)6-5-22(33)34/h7-9,15-16,18-19,21,24,31H,5-6,10-13H2,1-4H3,(H,33,34)/t15-,16-,18-,19-,21-,24+,26-,27-,28+/m0/s1. The number of allylic oxidation sites excluding steroid dienone is 4. The Hall–Kier alpha value is -2.43. The Labute approximate surface area is 220 Å². The number of alkyl halides is 1. The van der Waals surface area contributed by atoms with Crippen molar-refractivity contribution in [3.05, 3.63) is 23.8 Å². The number of Topliss-reactive ketones (excluding diaryl/α,β-unsaturated/α-hetero) is 1. The summed E-state index contributed by atoms with van der Waals surface area (Å²) in [6.45, 7) is 6.50. The van der Waals surface area contributed by atoms with Gasteiger partial charge in [0.05, 0.1) is 25.0 Å². The van der Waals surface area contributed by atoms with Crippen LogP contribution in [0.5, 0.6) is 0 Å². The molecule has 3 saturated carbocycles. The van der Waals surface area contributed by atoms with Crippen LogP contribution in [-0.2, 0) is 33.4 Å². The molecule has 0 aromatic carbocycles. The van der Waals surface area contributed by atoms with Gasteiger partial charge >= 0.3 is 11.9 Å². The second-order valence-corrected chi connectivity index (χ2v) is 12.4. The summed E-state index contributed by atoms with van der Waals surface area (Å²) >= 11 is 0. The molecule has 1 saturated heterocycles. The van der Waals surface area contributed by atoms with Crippen LogP contribution in [0.2, 0.25) is 0 Å². The molecule has 0 unspecified atom stereocenters. The average molecular weight is 535 g/mol. The lowest BCUT2D eigenvalue weighted by molar-refractivity contribution is -0.227. The zero-order valence-electron chi connectivity index (χ0n) is 22.1. The highest BCUT2D eigenvalue weighted by molar-refractivity contribution is 6.01. The van der Waals surface area contributed by atoms with Gasteiger partial charge in [-0.2, -0.15) is 0 Å². The molecule has 9 nitrogen and oxygen atoms in total. The van der Waals surface area contributed by atoms with E-state index in [1.165, 1.54) is 12.2 Å². The summed E-state index contributed by atoms with van der Waals surface area (Å²) in [5.74, 6) is -4.79. The summed E-state index contributed by atoms with van der Waals surface area (Å²) in [6, 6.07) is 0. The van der Waals surface area contributed by atoms with Crippen LogP contribution in [0, 0.1) is 28.6 Å². The topological polar surface area (TPSA) is 136 Å². The van der Waals surface area contributed by atoms with Crippen molar-refractivity contribution in [2.45, 2.75) is 89.6 Å². The Balaban J connectivity index is 1.48. The molecule has 0 spiro atoms. The molecular weight excluding hydrogens is 499 g/mol. The second-order valence-electron chi connectivity index (χ2n) is 12.4. The molecule has 9 atom stereocenters. The Morgan fingerprint density at radius 1 is 1.16 bits per heavy atom. The van der Waals surface area contributed by atoms with Crippen LogP contribution in [0.25, 0.3) is 0 Å². The van der Waals surface area contributed by atoms with Crippen molar-refractivity contribution >= 4 is 23.5 Å². The molecule has 5 rings (SSSR count). The highest BCUT2D eigenvalue weighted by atomic mass is 19.1. The van der Waals surface area contributed by atoms with Crippen LogP contribution in [0.1, 0.15) is 59.8 Å². The van der Waals surface area contributed by atoms with E-state index in [4.69, 9.17) is 19.3 Å². The van der Waals surface area contributed by atoms with Gasteiger partial charge in [-0.05, 0) is 62.7 Å². The van der Waals surface area contributed by atoms with Gasteiger partial charge in [-0.15, -0.1) is 0 Å². The first-order chi connectivity index (χ1) is 17.6. The first kappa shape index (κ1) is 27.1. The molecule has 2 N–H and O–H groups in total. The minimum atomic E-state index is -1.54. The number of carboxylic acid groups (broad SMARTS) is 1. The number of ketones is 2. The number of ether oxygens (including phenoxy) is 3. The number of aliphatic hydroxyl groups is 1. The van der Waals surface area contributed by atoms with Gasteiger partial charge in [0.1, 0.15) is 6.17 Å². The quantitative estimate of drug-likeness (QED) is 0.493. The van der Waals surface area contributed by atoms with Gasteiger partial charge in [0.15, 0.2) is 23.8 Å². The number of carbonyl (C=O) groups is 4. The molecule has 1 heterocycles. The van der Waals surface area contributed by atoms with Crippen molar-refractivity contribution in [3.63, 3.8) is 0 Å². The van der Waals surface area contributed by atoms with Crippen LogP contribution in [0.15, 0.2) is 23.8 Å². The van der Waals surface area contributed by atoms with Gasteiger partial charge in [0.2, 0.25) is 5.78 Å². The highest BCUT2D eigenvalue weighted by Gasteiger charge is 2.77. The van der Waals surface area contributed by atoms with Crippen LogP contribution >= 0.6 is 0 Å². The normalized spacial score (nSPS) is 44.4. The number of aliphatic carboxylic acids is 1. The van der Waals surface area contributed by atoms with Gasteiger partial charge < -0.3 is 24.4 Å². The van der Waals surface area contributed by atoms with Gasteiger partial charge in [0.25, 0.3) is 0 Å². The number of carbonyl (C=O) groups excluding carboxylic acids is 3. The molecule has 4 fully saturated rings. The maximum atomic E-state index is 15.7. The lowest BCUT2D eigenvalue weighted by atomic mass is 9.46. The molecule has 0 aromatic heterocycles. The van der Waals surface area contributed by atoms with E-state index in [-0.39, 0.29) is 42.8 Å². The Kier molecular flexibility index (Phi) is 6.28. The number of hydrogen-bond donors (Lipinski definition) is 2. The summed E-state index contributed by atoms with van der Waals surface area (Å²) < 4.78 is 33.4. The predicted molar refractivity (Wildman–Crippen MR) is 129 cm³/mol. The lowest BCUT2D eigenvalue weighted by Crippen LogP contribution is -2.64. The first-order valence-corrected chi connectivity index (χ1v) is 13.2. The van der Waals surface area contributed by atoms with E-state index in [0.29, 0.717) is 12.0 Å². The number of aliphatic hydroxyl groups excluding tert-OH is 1. The zero-order valence-corrected chi connectivity index (χ0v) is 22.1. The van der Waals surface area contributed by atoms with Gasteiger partial charge in [-0.3, -0.25) is 19.2 Å². The Bertz CT molecular complexity index is 1140. The van der Waals surface area contributed by atoms with Crippen molar-refractivity contribution < 1.29 is 48.0 Å². The minimum Gasteiger partial charge on any atom is -0.481 e. The molecule has 10 heteroatoms. The fourth-order valence-electron chi connectivity index (χ4n) is 8.47. The monoisotopic (exact) mass is 534 g/mol. The third kappa shape index (κ3) is 3.82. The summed E-state index contributed by atoms with van der Waals surface area (Å²) in [7, 11) is 0. The maximum absolute atomic E-state index is 15.7. The lowest BCUT2D eigenvalue weighted by Gasteiger charge is -2.60. The molecule has 5 aliphatic rings. The van der Waals surface area contributed by atoms with E-state index in [0.717, 1.165) is 0 Å². The van der Waals surface area contributed by atoms with Crippen LogP contribution < -0.4 is 0 Å². The summed E-state index contributed by atoms with van der Waals surface area (Å²) in [5, 5.41) is 20.5. The first-order valence-electron chi connectivity index (χ1n) is 13.2. The van der Waals surface area contributed by atoms with Crippen LogP contribution in [0.4, 0.5) is 4.39 Å². The van der Waals surface area contributed by atoms with E-state index in [1.54, 1.807) is 19.9 Å². The minimum absolute atomic E-state index is 0.106. The average Bonchev–Trinajstić information content (AvgIpc) is 3.22. The van der Waals surface area contributed by atoms with Gasteiger partial charge in [0, 0.05) is 16.7 Å². The molecule has 208 valence electrons. The molecule has 0 amide bonds. The molecular formula is C28H35FO9. The van der Waals surface area contributed by atoms with E-state index in [2.05, 4.69) is 0 Å². The number of rotatable bonds is 6. The molecule has 4 aliphatic carbocycles. The second kappa shape index (κ2) is 8.79. The third-order valence-electron chi connectivity index (χ3n) is 9.79. The van der Waals surface area contributed by atoms with E-state index in [9.17, 15) is 24.3 Å². The van der Waals surface area contributed by atoms with Crippen LogP contribution in [-0.4, -0.2) is 70.1 Å². The Morgan fingerprint density at radius 2 is 1.87 bits per heavy atom. The van der Waals surface area contributed by atoms with Crippen LogP contribution in [0.3, 0.4) is 0 Å². The summed E-state index contributed by atoms with van der Waals surface area (Å²) in [5.41, 5.74) is -2.95. The molecule has 38 heavy (non-hydrogen) atoms. The largest absolute Gasteiger partial charge is 0.481 e. The van der Waals surface area contributed by atoms with Crippen molar-refractivity contribution in [1.29, 1.82) is 0 Å². The molecule has 1 aliphatic heterocycles. The van der Waals surface area contributed by atoms with Gasteiger partial charge in [-0.1, -0.05) is 19.9 Å². The van der Waals surface area contributed by atoms with E-state index in [1.807, 2.05) is 13.8 Å². The number of fused-ring (bicyclic) bond motifs is 7. The van der Waals surface area contributed by atoms with E-state index >= 15 is 4.39 Å². The highest BCUT2D eigenvalue weighted by Crippen LogP contribution is 2.70. The fourth-order valence-corrected chi connectivity index (χ4v) is 8.47. The number of halogens is 1. The van der Waals surface area contributed by atoms with Crippen molar-refractivity contribution in [1.82, 2.24) is 0 Å². The maximum Gasteiger partial charge on any atom is 0.306 e. The van der Waals surface area contributed by atoms with Crippen molar-refractivity contribution in [3.8, 4) is 0 Å². The number of hydrogen-bond acceptors (Lipinski definition) is 8. The fraction of sp³-hybridized carbons (Fsp3) is 0.714. The number of carboxylic acids is 1. The Morgan fingerprint density at radius 3 is 2.55 bits per heavy atom. The molecule has 0 radical (unpaired) electrons. The zero-order chi connectivity index (χ0) is 27.8. The summed E-state index contributed by atoms with van der Waals surface area (Å²) in [6.07, 6.45) is 1.40. The van der Waals surface area contributed by atoms with Crippen molar-refractivity contribution in [2.24, 2.45) is 28.6 Å². The predicted octanol–water partition coefficient (Wildman–Crippen LogP) is 2.69. The molecule has 0 aromatic rings. The summed E-state index contributed by atoms with van der Waals surface area (Å²) in [4.78, 5) is 48.8. The SMILES string of the molecule is CC1(C)O[C@H]2C[C@H]3[C@@H]4C[C@H](F)C5=CC(=O)C=C[C@]5(C)[C@H]4[C@@H](O)C[C@]3(C)[C@]2(C(=O)COC(=O)CCC(=O)O)O1. The third-order valence-corrected chi connectivity index (χ3v) is 9.79. The van der Waals surface area contributed by atoms with Gasteiger partial charge in [-0.25, -0.2) is 4.39 Å². The smallest absolute Gasteiger partial charge is 0.306 e. The van der Waals surface area contributed by atoms with Crippen molar-refractivity contribution in [2.75, 3.05) is 6.61 Å². The number of esters is 1.